The first-order chi connectivity index (χ1) is 17.9. The summed E-state index contributed by atoms with van der Waals surface area (Å²) in [6.07, 6.45) is 4.96. The SMILES string of the molecule is COc1ccc2[nH]c3c(c2c1)C[C@@]1(C)C(=O)N(CCCNC2CCC2)CC(=O)N1[C@@H]3c1cccc(O)c1. The van der Waals surface area contributed by atoms with E-state index in [0.717, 1.165) is 46.4 Å². The third-order valence-corrected chi connectivity index (χ3v) is 8.40. The first-order valence-electron chi connectivity index (χ1n) is 13.2. The maximum Gasteiger partial charge on any atom is 0.249 e. The highest BCUT2D eigenvalue weighted by molar-refractivity contribution is 6.00. The van der Waals surface area contributed by atoms with Crippen LogP contribution >= 0.6 is 0 Å². The Morgan fingerprint density at radius 2 is 2.03 bits per heavy atom. The number of carbonyl (C=O) groups is 2. The van der Waals surface area contributed by atoms with Gasteiger partial charge in [0.1, 0.15) is 17.0 Å². The van der Waals surface area contributed by atoms with Crippen molar-refractivity contribution in [3.63, 3.8) is 0 Å². The molecule has 0 unspecified atom stereocenters. The molecule has 2 amide bonds. The van der Waals surface area contributed by atoms with E-state index >= 15 is 0 Å². The lowest BCUT2D eigenvalue weighted by Crippen LogP contribution is -2.70. The Bertz CT molecular complexity index is 1360. The van der Waals surface area contributed by atoms with Crippen molar-refractivity contribution in [2.45, 2.75) is 56.7 Å². The minimum atomic E-state index is -1.04. The topological polar surface area (TPSA) is 97.9 Å². The largest absolute Gasteiger partial charge is 0.508 e. The van der Waals surface area contributed by atoms with Gasteiger partial charge >= 0.3 is 0 Å². The molecule has 8 heteroatoms. The Labute approximate surface area is 216 Å². The predicted octanol–water partition coefficient (Wildman–Crippen LogP) is 3.49. The summed E-state index contributed by atoms with van der Waals surface area (Å²) in [6, 6.07) is 12.9. The second-order valence-corrected chi connectivity index (χ2v) is 10.8. The molecule has 1 saturated heterocycles. The molecule has 2 aliphatic heterocycles. The summed E-state index contributed by atoms with van der Waals surface area (Å²) in [5.41, 5.74) is 2.54. The fourth-order valence-corrected chi connectivity index (χ4v) is 6.27. The Balaban J connectivity index is 1.39. The van der Waals surface area contributed by atoms with Gasteiger partial charge in [0.25, 0.3) is 0 Å². The van der Waals surface area contributed by atoms with Gasteiger partial charge in [-0.25, -0.2) is 0 Å². The number of hydrogen-bond donors (Lipinski definition) is 3. The van der Waals surface area contributed by atoms with Crippen molar-refractivity contribution in [3.8, 4) is 11.5 Å². The van der Waals surface area contributed by atoms with E-state index in [0.29, 0.717) is 19.0 Å². The molecule has 1 saturated carbocycles. The number of benzene rings is 2. The summed E-state index contributed by atoms with van der Waals surface area (Å²) in [5, 5.41) is 14.8. The van der Waals surface area contributed by atoms with Crippen LogP contribution in [0.2, 0.25) is 0 Å². The Hall–Kier alpha value is -3.52. The van der Waals surface area contributed by atoms with Crippen LogP contribution < -0.4 is 10.1 Å². The van der Waals surface area contributed by atoms with Crippen molar-refractivity contribution in [2.75, 3.05) is 26.7 Å². The van der Waals surface area contributed by atoms with E-state index in [-0.39, 0.29) is 24.1 Å². The fourth-order valence-electron chi connectivity index (χ4n) is 6.27. The second kappa shape index (κ2) is 9.10. The highest BCUT2D eigenvalue weighted by Crippen LogP contribution is 2.47. The molecule has 37 heavy (non-hydrogen) atoms. The van der Waals surface area contributed by atoms with Crippen molar-refractivity contribution in [1.29, 1.82) is 0 Å². The highest BCUT2D eigenvalue weighted by Gasteiger charge is 2.55. The average Bonchev–Trinajstić information content (AvgIpc) is 3.21. The lowest BCUT2D eigenvalue weighted by atomic mass is 9.78. The Morgan fingerprint density at radius 3 is 2.76 bits per heavy atom. The molecule has 0 bridgehead atoms. The molecule has 2 aromatic carbocycles. The summed E-state index contributed by atoms with van der Waals surface area (Å²) in [6.45, 7) is 3.36. The molecule has 1 aromatic heterocycles. The summed E-state index contributed by atoms with van der Waals surface area (Å²) in [5.74, 6) is 0.760. The number of nitrogens with zero attached hydrogens (tertiary/aromatic N) is 2. The minimum absolute atomic E-state index is 0.0243. The van der Waals surface area contributed by atoms with Gasteiger partial charge in [-0.1, -0.05) is 18.6 Å². The van der Waals surface area contributed by atoms with Gasteiger partial charge in [-0.15, -0.1) is 0 Å². The third-order valence-electron chi connectivity index (χ3n) is 8.40. The molecule has 3 aliphatic rings. The molecule has 3 N–H and O–H groups in total. The number of hydrogen-bond acceptors (Lipinski definition) is 5. The number of carbonyl (C=O) groups excluding carboxylic acids is 2. The first kappa shape index (κ1) is 23.9. The van der Waals surface area contributed by atoms with E-state index in [1.807, 2.05) is 31.2 Å². The van der Waals surface area contributed by atoms with Gasteiger partial charge in [0.05, 0.1) is 19.7 Å². The van der Waals surface area contributed by atoms with E-state index in [4.69, 9.17) is 4.74 Å². The number of fused-ring (bicyclic) bond motifs is 4. The Kier molecular flexibility index (Phi) is 5.87. The number of aromatic hydroxyl groups is 1. The standard InChI is InChI=1S/C29H34N4O4/c1-29-16-23-22-15-21(37-2)10-11-24(22)31-26(23)27(18-6-3-9-20(34)14-18)33(29)25(35)17-32(28(29)36)13-5-12-30-19-7-4-8-19/h3,6,9-11,14-15,19,27,30-31,34H,4-5,7-8,12-13,16-17H2,1-2H3/t27-,29+/m1/s1. The van der Waals surface area contributed by atoms with E-state index in [1.54, 1.807) is 35.1 Å². The van der Waals surface area contributed by atoms with Gasteiger partial charge in [-0.05, 0) is 74.2 Å². The van der Waals surface area contributed by atoms with Gasteiger partial charge in [0, 0.05) is 35.6 Å². The van der Waals surface area contributed by atoms with Crippen LogP contribution in [0.1, 0.15) is 55.5 Å². The van der Waals surface area contributed by atoms with Gasteiger partial charge in [-0.3, -0.25) is 9.59 Å². The molecule has 6 rings (SSSR count). The number of methoxy groups -OCH3 is 1. The predicted molar refractivity (Wildman–Crippen MR) is 141 cm³/mol. The molecule has 8 nitrogen and oxygen atoms in total. The number of ether oxygens (including phenoxy) is 1. The number of aromatic amines is 1. The van der Waals surface area contributed by atoms with E-state index in [9.17, 15) is 14.7 Å². The zero-order valence-corrected chi connectivity index (χ0v) is 21.4. The van der Waals surface area contributed by atoms with Crippen molar-refractivity contribution in [1.82, 2.24) is 20.1 Å². The van der Waals surface area contributed by atoms with Gasteiger partial charge in [-0.2, -0.15) is 0 Å². The Morgan fingerprint density at radius 1 is 1.19 bits per heavy atom. The van der Waals surface area contributed by atoms with Gasteiger partial charge < -0.3 is 29.9 Å². The minimum Gasteiger partial charge on any atom is -0.508 e. The number of rotatable bonds is 7. The van der Waals surface area contributed by atoms with Crippen LogP contribution in [0.3, 0.4) is 0 Å². The van der Waals surface area contributed by atoms with Gasteiger partial charge in [0.15, 0.2) is 0 Å². The van der Waals surface area contributed by atoms with Crippen LogP contribution in [0.5, 0.6) is 11.5 Å². The third kappa shape index (κ3) is 3.94. The number of H-pyrrole nitrogens is 1. The number of nitrogens with one attached hydrogen (secondary N) is 2. The molecule has 2 fully saturated rings. The molecule has 1 aliphatic carbocycles. The number of amides is 2. The van der Waals surface area contributed by atoms with Crippen LogP contribution in [0, 0.1) is 0 Å². The number of phenols is 1. The maximum atomic E-state index is 14.1. The van der Waals surface area contributed by atoms with Crippen molar-refractivity contribution in [2.24, 2.45) is 0 Å². The zero-order valence-electron chi connectivity index (χ0n) is 21.4. The highest BCUT2D eigenvalue weighted by atomic mass is 16.5. The van der Waals surface area contributed by atoms with Crippen molar-refractivity contribution in [3.05, 3.63) is 59.3 Å². The normalized spacial score (nSPS) is 23.7. The van der Waals surface area contributed by atoms with Crippen LogP contribution in [-0.2, 0) is 16.0 Å². The molecule has 0 spiro atoms. The zero-order chi connectivity index (χ0) is 25.7. The van der Waals surface area contributed by atoms with Gasteiger partial charge in [0.2, 0.25) is 11.8 Å². The molecular weight excluding hydrogens is 468 g/mol. The van der Waals surface area contributed by atoms with E-state index < -0.39 is 11.6 Å². The molecule has 3 heterocycles. The summed E-state index contributed by atoms with van der Waals surface area (Å²) in [7, 11) is 1.64. The first-order valence-corrected chi connectivity index (χ1v) is 13.2. The molecule has 2 atom stereocenters. The van der Waals surface area contributed by atoms with Crippen molar-refractivity contribution < 1.29 is 19.4 Å². The molecule has 0 radical (unpaired) electrons. The molecule has 3 aromatic rings. The smallest absolute Gasteiger partial charge is 0.249 e. The fraction of sp³-hybridized carbons (Fsp3) is 0.448. The van der Waals surface area contributed by atoms with Crippen molar-refractivity contribution >= 4 is 22.7 Å². The van der Waals surface area contributed by atoms with E-state index in [2.05, 4.69) is 10.3 Å². The van der Waals surface area contributed by atoms with Crippen LogP contribution in [0.4, 0.5) is 0 Å². The van der Waals surface area contributed by atoms with E-state index in [1.165, 1.54) is 19.3 Å². The van der Waals surface area contributed by atoms with Crippen LogP contribution in [-0.4, -0.2) is 70.0 Å². The average molecular weight is 503 g/mol. The monoisotopic (exact) mass is 502 g/mol. The quantitative estimate of drug-likeness (QED) is 0.430. The number of piperazine rings is 1. The number of aromatic nitrogens is 1. The lowest BCUT2D eigenvalue weighted by molar-refractivity contribution is -0.167. The summed E-state index contributed by atoms with van der Waals surface area (Å²) >= 11 is 0. The van der Waals surface area contributed by atoms with Crippen LogP contribution in [0.25, 0.3) is 10.9 Å². The molecule has 194 valence electrons. The lowest BCUT2D eigenvalue weighted by Gasteiger charge is -2.53. The van der Waals surface area contributed by atoms with Crippen LogP contribution in [0.15, 0.2) is 42.5 Å². The maximum absolute atomic E-state index is 14.1. The summed E-state index contributed by atoms with van der Waals surface area (Å²) < 4.78 is 5.49. The summed E-state index contributed by atoms with van der Waals surface area (Å²) in [4.78, 5) is 34.9. The second-order valence-electron chi connectivity index (χ2n) is 10.8. The number of phenolic OH excluding ortho intramolecular Hbond substituents is 1. The molecular formula is C29H34N4O4.